The van der Waals surface area contributed by atoms with Crippen molar-refractivity contribution >= 4 is 5.97 Å². The molecular weight excluding hydrogens is 230 g/mol. The van der Waals surface area contributed by atoms with Crippen LogP contribution in [0.3, 0.4) is 0 Å². The Morgan fingerprint density at radius 2 is 2.17 bits per heavy atom. The molecule has 0 aromatic heterocycles. The van der Waals surface area contributed by atoms with Gasteiger partial charge in [0, 0.05) is 24.2 Å². The zero-order valence-electron chi connectivity index (χ0n) is 10.8. The minimum absolute atomic E-state index is 0.276. The summed E-state index contributed by atoms with van der Waals surface area (Å²) in [5.74, 6) is -0.0143. The Balaban J connectivity index is 2.45. The molecule has 0 amide bonds. The third-order valence-electron chi connectivity index (χ3n) is 2.63. The lowest BCUT2D eigenvalue weighted by atomic mass is 10.2. The molecule has 18 heavy (non-hydrogen) atoms. The first-order valence-corrected chi connectivity index (χ1v) is 5.94. The van der Waals surface area contributed by atoms with Gasteiger partial charge in [-0.05, 0) is 12.5 Å². The number of carbonyl (C=O) groups excluding carboxylic acids is 1. The summed E-state index contributed by atoms with van der Waals surface area (Å²) in [6.45, 7) is 3.03. The first-order chi connectivity index (χ1) is 8.69. The van der Waals surface area contributed by atoms with Gasteiger partial charge in [-0.2, -0.15) is 0 Å². The lowest BCUT2D eigenvalue weighted by Gasteiger charge is -2.06. The summed E-state index contributed by atoms with van der Waals surface area (Å²) in [4.78, 5) is 11.3. The molecule has 0 spiro atoms. The minimum Gasteiger partial charge on any atom is -0.508 e. The summed E-state index contributed by atoms with van der Waals surface area (Å²) < 4.78 is 4.66. The molecule has 0 unspecified atom stereocenters. The maximum Gasteiger partial charge on any atom is 0.333 e. The molecule has 0 aliphatic rings. The maximum atomic E-state index is 11.3. The van der Waals surface area contributed by atoms with E-state index in [4.69, 9.17) is 0 Å². The summed E-state index contributed by atoms with van der Waals surface area (Å²) in [6, 6.07) is 7.16. The number of phenols is 1. The van der Waals surface area contributed by atoms with E-state index in [1.807, 2.05) is 25.1 Å². The summed E-state index contributed by atoms with van der Waals surface area (Å²) in [6.07, 6.45) is 2.46. The summed E-state index contributed by atoms with van der Waals surface area (Å²) >= 11 is 0. The second kappa shape index (κ2) is 7.50. The third kappa shape index (κ3) is 4.22. The SMILES string of the molecule is CC/C(=C/CNCc1ccccc1O)C(=O)OC. The van der Waals surface area contributed by atoms with Crippen molar-refractivity contribution < 1.29 is 14.6 Å². The molecule has 0 bridgehead atoms. The monoisotopic (exact) mass is 249 g/mol. The molecule has 0 aliphatic heterocycles. The molecule has 4 nitrogen and oxygen atoms in total. The number of esters is 1. The zero-order chi connectivity index (χ0) is 13.4. The Kier molecular flexibility index (Phi) is 5.94. The van der Waals surface area contributed by atoms with Gasteiger partial charge in [0.15, 0.2) is 0 Å². The Bertz CT molecular complexity index is 427. The Morgan fingerprint density at radius 1 is 1.44 bits per heavy atom. The highest BCUT2D eigenvalue weighted by Crippen LogP contribution is 2.14. The van der Waals surface area contributed by atoms with E-state index < -0.39 is 0 Å². The second-order valence-electron chi connectivity index (χ2n) is 3.83. The molecule has 0 heterocycles. The van der Waals surface area contributed by atoms with E-state index >= 15 is 0 Å². The molecule has 1 aromatic rings. The Hall–Kier alpha value is -1.81. The molecule has 1 rings (SSSR count). The first kappa shape index (κ1) is 14.3. The van der Waals surface area contributed by atoms with Crippen molar-refractivity contribution in [1.82, 2.24) is 5.32 Å². The third-order valence-corrected chi connectivity index (χ3v) is 2.63. The van der Waals surface area contributed by atoms with Gasteiger partial charge in [0.2, 0.25) is 0 Å². The van der Waals surface area contributed by atoms with Gasteiger partial charge in [-0.15, -0.1) is 0 Å². The maximum absolute atomic E-state index is 11.3. The summed E-state index contributed by atoms with van der Waals surface area (Å²) in [5, 5.41) is 12.7. The van der Waals surface area contributed by atoms with Gasteiger partial charge >= 0.3 is 5.97 Å². The van der Waals surface area contributed by atoms with Gasteiger partial charge in [-0.25, -0.2) is 4.79 Å². The van der Waals surface area contributed by atoms with Gasteiger partial charge in [-0.1, -0.05) is 31.2 Å². The standard InChI is InChI=1S/C14H19NO3/c1-3-11(14(17)18-2)8-9-15-10-12-6-4-5-7-13(12)16/h4-8,15-16H,3,9-10H2,1-2H3/b11-8-. The fourth-order valence-corrected chi connectivity index (χ4v) is 1.57. The highest BCUT2D eigenvalue weighted by molar-refractivity contribution is 5.88. The zero-order valence-corrected chi connectivity index (χ0v) is 10.8. The number of benzene rings is 1. The molecule has 1 aromatic carbocycles. The van der Waals surface area contributed by atoms with Gasteiger partial charge in [0.1, 0.15) is 5.75 Å². The van der Waals surface area contributed by atoms with Gasteiger partial charge in [0.05, 0.1) is 7.11 Å². The predicted octanol–water partition coefficient (Wildman–Crippen LogP) is 1.99. The van der Waals surface area contributed by atoms with E-state index in [0.717, 1.165) is 5.56 Å². The second-order valence-corrected chi connectivity index (χ2v) is 3.83. The molecule has 2 N–H and O–H groups in total. The van der Waals surface area contributed by atoms with E-state index in [0.29, 0.717) is 25.1 Å². The first-order valence-electron chi connectivity index (χ1n) is 5.94. The molecule has 0 aliphatic carbocycles. The number of ether oxygens (including phenoxy) is 1. The number of phenolic OH excluding ortho intramolecular Hbond substituents is 1. The Morgan fingerprint density at radius 3 is 2.78 bits per heavy atom. The van der Waals surface area contributed by atoms with Crippen LogP contribution < -0.4 is 5.32 Å². The molecule has 0 saturated carbocycles. The highest BCUT2D eigenvalue weighted by Gasteiger charge is 2.05. The summed E-state index contributed by atoms with van der Waals surface area (Å²) in [7, 11) is 1.38. The van der Waals surface area contributed by atoms with E-state index in [1.165, 1.54) is 7.11 Å². The fraction of sp³-hybridized carbons (Fsp3) is 0.357. The van der Waals surface area contributed by atoms with Crippen molar-refractivity contribution in [3.05, 3.63) is 41.5 Å². The molecule has 98 valence electrons. The number of para-hydroxylation sites is 1. The van der Waals surface area contributed by atoms with Crippen molar-refractivity contribution in [3.8, 4) is 5.75 Å². The van der Waals surface area contributed by atoms with Crippen LogP contribution in [0.1, 0.15) is 18.9 Å². The minimum atomic E-state index is -0.290. The van der Waals surface area contributed by atoms with Crippen molar-refractivity contribution in [1.29, 1.82) is 0 Å². The molecule has 4 heteroatoms. The number of aromatic hydroxyl groups is 1. The van der Waals surface area contributed by atoms with Crippen LogP contribution >= 0.6 is 0 Å². The van der Waals surface area contributed by atoms with Crippen LogP contribution in [0.25, 0.3) is 0 Å². The quantitative estimate of drug-likeness (QED) is 0.460. The van der Waals surface area contributed by atoms with Crippen molar-refractivity contribution in [2.75, 3.05) is 13.7 Å². The number of carbonyl (C=O) groups is 1. The van der Waals surface area contributed by atoms with Crippen LogP contribution in [0.2, 0.25) is 0 Å². The van der Waals surface area contributed by atoms with Crippen LogP contribution in [-0.2, 0) is 16.1 Å². The number of nitrogens with one attached hydrogen (secondary N) is 1. The lowest BCUT2D eigenvalue weighted by Crippen LogP contribution is -2.15. The number of methoxy groups -OCH3 is 1. The largest absolute Gasteiger partial charge is 0.508 e. The molecule has 0 atom stereocenters. The normalized spacial score (nSPS) is 11.3. The van der Waals surface area contributed by atoms with Crippen molar-refractivity contribution in [3.63, 3.8) is 0 Å². The molecule has 0 radical (unpaired) electrons. The van der Waals surface area contributed by atoms with E-state index in [-0.39, 0.29) is 11.7 Å². The van der Waals surface area contributed by atoms with Crippen molar-refractivity contribution in [2.24, 2.45) is 0 Å². The van der Waals surface area contributed by atoms with Crippen LogP contribution in [0.5, 0.6) is 5.75 Å². The van der Waals surface area contributed by atoms with Gasteiger partial charge < -0.3 is 15.2 Å². The van der Waals surface area contributed by atoms with Crippen LogP contribution in [-0.4, -0.2) is 24.7 Å². The average Bonchev–Trinajstić information content (AvgIpc) is 2.40. The van der Waals surface area contributed by atoms with Gasteiger partial charge in [-0.3, -0.25) is 0 Å². The number of hydrogen-bond donors (Lipinski definition) is 2. The Labute approximate surface area is 107 Å². The molecule has 0 fully saturated rings. The summed E-state index contributed by atoms with van der Waals surface area (Å²) in [5.41, 5.74) is 1.49. The predicted molar refractivity (Wildman–Crippen MR) is 70.2 cm³/mol. The van der Waals surface area contributed by atoms with E-state index in [1.54, 1.807) is 12.1 Å². The smallest absolute Gasteiger partial charge is 0.333 e. The van der Waals surface area contributed by atoms with Crippen LogP contribution in [0, 0.1) is 0 Å². The highest BCUT2D eigenvalue weighted by atomic mass is 16.5. The van der Waals surface area contributed by atoms with E-state index in [2.05, 4.69) is 10.1 Å². The van der Waals surface area contributed by atoms with Gasteiger partial charge in [0.25, 0.3) is 0 Å². The average molecular weight is 249 g/mol. The fourth-order valence-electron chi connectivity index (χ4n) is 1.57. The topological polar surface area (TPSA) is 58.6 Å². The number of hydrogen-bond acceptors (Lipinski definition) is 4. The number of rotatable bonds is 6. The van der Waals surface area contributed by atoms with Crippen LogP contribution in [0.15, 0.2) is 35.9 Å². The van der Waals surface area contributed by atoms with Crippen LogP contribution in [0.4, 0.5) is 0 Å². The lowest BCUT2D eigenvalue weighted by molar-refractivity contribution is -0.136. The van der Waals surface area contributed by atoms with Crippen molar-refractivity contribution in [2.45, 2.75) is 19.9 Å². The molecule has 0 saturated heterocycles. The van der Waals surface area contributed by atoms with E-state index in [9.17, 15) is 9.90 Å². The molecular formula is C14H19NO3.